The van der Waals surface area contributed by atoms with Crippen LogP contribution in [0.3, 0.4) is 0 Å². The fourth-order valence-electron chi connectivity index (χ4n) is 5.32. The van der Waals surface area contributed by atoms with Gasteiger partial charge in [-0.05, 0) is 13.8 Å². The molecule has 1 N–H and O–H groups in total. The van der Waals surface area contributed by atoms with Gasteiger partial charge in [0, 0.05) is 54.2 Å². The van der Waals surface area contributed by atoms with Gasteiger partial charge < -0.3 is 9.52 Å². The second-order valence-electron chi connectivity index (χ2n) is 13.4. The molecule has 0 atom stereocenters. The van der Waals surface area contributed by atoms with Crippen LogP contribution in [0.15, 0.2) is 52.9 Å². The Kier molecular flexibility index (Phi) is 9.58. The number of carbonyl (C=O) groups excluding carboxylic acids is 1. The van der Waals surface area contributed by atoms with E-state index in [1.54, 1.807) is 6.33 Å². The van der Waals surface area contributed by atoms with Crippen molar-refractivity contribution in [2.45, 2.75) is 91.8 Å². The van der Waals surface area contributed by atoms with Crippen LogP contribution in [-0.4, -0.2) is 33.9 Å². The van der Waals surface area contributed by atoms with E-state index in [4.69, 9.17) is 24.5 Å². The maximum absolute atomic E-state index is 10.0. The molecule has 0 fully saturated rings. The number of nitrogens with zero attached hydrogens (tertiary/aromatic N) is 3. The molecule has 2 aromatic heterocycles. The predicted octanol–water partition coefficient (Wildman–Crippen LogP) is 8.02. The van der Waals surface area contributed by atoms with Gasteiger partial charge in [-0.3, -0.25) is 9.78 Å². The topological polar surface area (TPSA) is 89.1 Å². The number of hydrogen-bond acceptors (Lipinski definition) is 6. The van der Waals surface area contributed by atoms with E-state index in [9.17, 15) is 4.79 Å². The summed E-state index contributed by atoms with van der Waals surface area (Å²) >= 11 is 0. The molecule has 6 nitrogen and oxygen atoms in total. The Morgan fingerprint density at radius 3 is 2.19 bits per heavy atom. The molecule has 42 heavy (non-hydrogen) atoms. The van der Waals surface area contributed by atoms with Crippen LogP contribution in [0, 0.1) is 6.07 Å². The van der Waals surface area contributed by atoms with Crippen LogP contribution >= 0.6 is 0 Å². The van der Waals surface area contributed by atoms with Gasteiger partial charge in [0.05, 0.1) is 25.2 Å². The molecule has 1 aliphatic carbocycles. The molecule has 0 amide bonds. The molecule has 225 valence electrons. The molecular formula is C34H42IrN3O3Si-. The third-order valence-electron chi connectivity index (χ3n) is 8.21. The van der Waals surface area contributed by atoms with Crippen molar-refractivity contribution in [3.8, 4) is 22.6 Å². The first-order chi connectivity index (χ1) is 19.0. The van der Waals surface area contributed by atoms with Gasteiger partial charge in [-0.15, -0.1) is 28.8 Å². The van der Waals surface area contributed by atoms with Gasteiger partial charge in [-0.2, -0.15) is 0 Å². The Balaban J connectivity index is 0.000000541. The molecule has 8 heteroatoms. The molecule has 1 radical (unpaired) electrons. The molecule has 0 unspecified atom stereocenters. The molecule has 0 saturated heterocycles. The number of aromatic nitrogens is 3. The number of aliphatic hydroxyl groups is 1. The summed E-state index contributed by atoms with van der Waals surface area (Å²) < 4.78 is 6.47. The van der Waals surface area contributed by atoms with Gasteiger partial charge in [0.2, 0.25) is 0 Å². The number of allylic oxidation sites excluding steroid dienone is 2. The van der Waals surface area contributed by atoms with Crippen LogP contribution in [0.5, 0.6) is 0 Å². The summed E-state index contributed by atoms with van der Waals surface area (Å²) in [5, 5.41) is 12.2. The molecule has 2 heterocycles. The van der Waals surface area contributed by atoms with Crippen molar-refractivity contribution in [2.75, 3.05) is 0 Å². The van der Waals surface area contributed by atoms with E-state index in [2.05, 4.69) is 97.6 Å². The van der Waals surface area contributed by atoms with Gasteiger partial charge in [-0.1, -0.05) is 90.3 Å². The minimum absolute atomic E-state index is 0. The minimum Gasteiger partial charge on any atom is -0.512 e. The van der Waals surface area contributed by atoms with Crippen molar-refractivity contribution in [2.24, 2.45) is 0 Å². The van der Waals surface area contributed by atoms with Gasteiger partial charge in [0.15, 0.2) is 17.4 Å². The summed E-state index contributed by atoms with van der Waals surface area (Å²) in [4.78, 5) is 24.7. The summed E-state index contributed by atoms with van der Waals surface area (Å²) in [6.07, 6.45) is 2.87. The Morgan fingerprint density at radius 2 is 1.64 bits per heavy atom. The van der Waals surface area contributed by atoms with E-state index in [0.29, 0.717) is 0 Å². The Morgan fingerprint density at radius 1 is 1.02 bits per heavy atom. The number of hydrogen-bond donors (Lipinski definition) is 1. The number of fused-ring (bicyclic) bond motifs is 4. The molecule has 0 aliphatic heterocycles. The first-order valence-electron chi connectivity index (χ1n) is 14.2. The second kappa shape index (κ2) is 12.0. The second-order valence-corrected chi connectivity index (χ2v) is 18.4. The monoisotopic (exact) mass is 761 g/mol. The van der Waals surface area contributed by atoms with Crippen molar-refractivity contribution in [3.05, 3.63) is 71.8 Å². The summed E-state index contributed by atoms with van der Waals surface area (Å²) in [5.74, 6) is 1.72. The fraction of sp³-hybridized carbons (Fsp3) is 0.412. The van der Waals surface area contributed by atoms with Crippen molar-refractivity contribution < 1.29 is 34.4 Å². The average molecular weight is 761 g/mol. The van der Waals surface area contributed by atoms with E-state index in [0.717, 1.165) is 45.2 Å². The van der Waals surface area contributed by atoms with E-state index >= 15 is 0 Å². The van der Waals surface area contributed by atoms with Gasteiger partial charge in [-0.25, -0.2) is 9.97 Å². The first-order valence-corrected chi connectivity index (χ1v) is 17.7. The standard InChI is InChI=1S/C29H34N3OSi.C5H8O2.Ir/c1-17(2)27-32-26-24(33-27)22-23(30-16-31-25(22)28(3,4)29(26,5)6)19-14-18-12-10-11-13-20(18)21(15-19)34(7,8)9;1-4(6)3-5(2)7;/h10-13,15-17H,1-9H3;3,6H,1-2H3;/q-1;;/b;4-3-;. The zero-order valence-electron chi connectivity index (χ0n) is 26.6. The molecule has 4 aromatic rings. The zero-order valence-corrected chi connectivity index (χ0v) is 30.0. The molecule has 1 aliphatic rings. The van der Waals surface area contributed by atoms with Crippen LogP contribution in [0.2, 0.25) is 19.6 Å². The largest absolute Gasteiger partial charge is 0.512 e. The van der Waals surface area contributed by atoms with Gasteiger partial charge in [0.25, 0.3) is 0 Å². The van der Waals surface area contributed by atoms with Crippen molar-refractivity contribution in [1.29, 1.82) is 0 Å². The van der Waals surface area contributed by atoms with E-state index in [1.807, 2.05) is 0 Å². The van der Waals surface area contributed by atoms with E-state index < -0.39 is 8.07 Å². The quantitative estimate of drug-likeness (QED) is 0.0982. The molecule has 0 spiro atoms. The number of rotatable bonds is 4. The average Bonchev–Trinajstić information content (AvgIpc) is 3.33. The fourth-order valence-corrected chi connectivity index (χ4v) is 6.92. The van der Waals surface area contributed by atoms with Crippen molar-refractivity contribution >= 4 is 29.8 Å². The van der Waals surface area contributed by atoms with Gasteiger partial charge >= 0.3 is 0 Å². The van der Waals surface area contributed by atoms with Crippen LogP contribution in [0.4, 0.5) is 0 Å². The van der Waals surface area contributed by atoms with Gasteiger partial charge in [0.1, 0.15) is 6.33 Å². The van der Waals surface area contributed by atoms with Crippen molar-refractivity contribution in [1.82, 2.24) is 15.0 Å². The summed E-state index contributed by atoms with van der Waals surface area (Å²) in [6.45, 7) is 23.3. The number of aliphatic hydroxyl groups excluding tert-OH is 1. The number of benzene rings is 2. The molecule has 0 saturated carbocycles. The van der Waals surface area contributed by atoms with Crippen LogP contribution < -0.4 is 5.19 Å². The molecular weight excluding hydrogens is 719 g/mol. The smallest absolute Gasteiger partial charge is 0.197 e. The Hall–Kier alpha value is -2.93. The maximum atomic E-state index is 10.0. The number of carbonyl (C=O) groups is 1. The van der Waals surface area contributed by atoms with Crippen LogP contribution in [-0.2, 0) is 35.7 Å². The molecule has 0 bridgehead atoms. The summed E-state index contributed by atoms with van der Waals surface area (Å²) in [7, 11) is -1.63. The van der Waals surface area contributed by atoms with Crippen molar-refractivity contribution in [3.63, 3.8) is 0 Å². The number of oxazole rings is 1. The van der Waals surface area contributed by atoms with Crippen LogP contribution in [0.1, 0.15) is 78.6 Å². The summed E-state index contributed by atoms with van der Waals surface area (Å²) in [6, 6.07) is 14.6. The minimum atomic E-state index is -1.63. The van der Waals surface area contributed by atoms with E-state index in [1.165, 1.54) is 30.5 Å². The van der Waals surface area contributed by atoms with Crippen LogP contribution in [0.25, 0.3) is 33.4 Å². The van der Waals surface area contributed by atoms with E-state index in [-0.39, 0.29) is 48.4 Å². The molecule has 2 aromatic carbocycles. The first kappa shape index (κ1) is 33.6. The normalized spacial score (nSPS) is 15.3. The maximum Gasteiger partial charge on any atom is 0.197 e. The third-order valence-corrected chi connectivity index (χ3v) is 10.2. The summed E-state index contributed by atoms with van der Waals surface area (Å²) in [5.41, 5.74) is 4.36. The number of ketones is 1. The predicted molar refractivity (Wildman–Crippen MR) is 169 cm³/mol. The Bertz CT molecular complexity index is 1660. The zero-order chi connectivity index (χ0) is 30.5. The Labute approximate surface area is 264 Å². The molecule has 5 rings (SSSR count). The third kappa shape index (κ3) is 6.08. The SMILES string of the molecule is CC(=O)/C=C(/C)O.CC(C)c1nc2c(o1)-c1c(-c3[c-]c4ccccc4c([Si](C)(C)C)c3)ncnc1C(C)(C)C2(C)C.[Ir].